The monoisotopic (exact) mass is 382 g/mol. The molecule has 2 heterocycles. The van der Waals surface area contributed by atoms with Crippen LogP contribution in [0.25, 0.3) is 10.2 Å². The van der Waals surface area contributed by atoms with Crippen LogP contribution < -0.4 is 4.87 Å². The van der Waals surface area contributed by atoms with Crippen LogP contribution in [-0.2, 0) is 13.0 Å². The summed E-state index contributed by atoms with van der Waals surface area (Å²) in [4.78, 5) is 15.1. The lowest BCUT2D eigenvalue weighted by atomic mass is 10.1. The molecule has 1 aromatic heterocycles. The SMILES string of the molecule is CCCc1ccc2c(c1)sc(=O)n2CCCCN1CCCCCC1.Cl. The van der Waals surface area contributed by atoms with E-state index >= 15 is 0 Å². The lowest BCUT2D eigenvalue weighted by molar-refractivity contribution is 0.277. The van der Waals surface area contributed by atoms with Crippen molar-refractivity contribution in [3.05, 3.63) is 33.4 Å². The third-order valence-electron chi connectivity index (χ3n) is 5.08. The van der Waals surface area contributed by atoms with E-state index in [4.69, 9.17) is 0 Å². The Morgan fingerprint density at radius 2 is 1.76 bits per heavy atom. The van der Waals surface area contributed by atoms with Gasteiger partial charge in [-0.3, -0.25) is 9.36 Å². The second-order valence-corrected chi connectivity index (χ2v) is 8.03. The molecule has 0 amide bonds. The molecule has 0 atom stereocenters. The molecule has 0 saturated carbocycles. The van der Waals surface area contributed by atoms with E-state index in [1.165, 1.54) is 68.6 Å². The summed E-state index contributed by atoms with van der Waals surface area (Å²) in [6.07, 6.45) is 10.0. The van der Waals surface area contributed by atoms with Crippen molar-refractivity contribution in [2.24, 2.45) is 0 Å². The van der Waals surface area contributed by atoms with Crippen molar-refractivity contribution < 1.29 is 0 Å². The fraction of sp³-hybridized carbons (Fsp3) is 0.650. The summed E-state index contributed by atoms with van der Waals surface area (Å²) in [6.45, 7) is 6.78. The van der Waals surface area contributed by atoms with Crippen molar-refractivity contribution in [3.8, 4) is 0 Å². The van der Waals surface area contributed by atoms with Gasteiger partial charge in [0, 0.05) is 6.54 Å². The standard InChI is InChI=1S/C20H30N2OS.ClH/c1-2-9-17-10-11-18-19(16-17)24-20(23)22(18)15-8-7-14-21-12-5-3-4-6-13-21;/h10-11,16H,2-9,12-15H2,1H3;1H. The predicted molar refractivity (Wildman–Crippen MR) is 111 cm³/mol. The first kappa shape index (κ1) is 20.5. The number of likely N-dealkylation sites (tertiary alicyclic amines) is 1. The minimum atomic E-state index is 0. The Morgan fingerprint density at radius 1 is 1.04 bits per heavy atom. The first-order chi connectivity index (χ1) is 11.8. The molecule has 0 spiro atoms. The average Bonchev–Trinajstić information content (AvgIpc) is 2.75. The molecular weight excluding hydrogens is 352 g/mol. The number of aryl methyl sites for hydroxylation is 2. The first-order valence-electron chi connectivity index (χ1n) is 9.62. The van der Waals surface area contributed by atoms with Gasteiger partial charge in [-0.05, 0) is 69.4 Å². The van der Waals surface area contributed by atoms with Gasteiger partial charge in [0.1, 0.15) is 0 Å². The van der Waals surface area contributed by atoms with Crippen molar-refractivity contribution >= 4 is 34.0 Å². The lowest BCUT2D eigenvalue weighted by Crippen LogP contribution is -2.26. The van der Waals surface area contributed by atoms with Crippen molar-refractivity contribution in [2.75, 3.05) is 19.6 Å². The minimum Gasteiger partial charge on any atom is -0.303 e. The van der Waals surface area contributed by atoms with Crippen LogP contribution in [0.4, 0.5) is 0 Å². The quantitative estimate of drug-likeness (QED) is 0.623. The summed E-state index contributed by atoms with van der Waals surface area (Å²) in [7, 11) is 0. The van der Waals surface area contributed by atoms with E-state index in [1.807, 2.05) is 4.57 Å². The third-order valence-corrected chi connectivity index (χ3v) is 6.02. The minimum absolute atomic E-state index is 0. The molecule has 1 aromatic carbocycles. The largest absolute Gasteiger partial charge is 0.308 e. The molecule has 3 nitrogen and oxygen atoms in total. The van der Waals surface area contributed by atoms with E-state index in [1.54, 1.807) is 0 Å². The van der Waals surface area contributed by atoms with Crippen LogP contribution in [0, 0.1) is 0 Å². The Balaban J connectivity index is 0.00000225. The molecule has 0 bridgehead atoms. The molecule has 25 heavy (non-hydrogen) atoms. The van der Waals surface area contributed by atoms with Crippen molar-refractivity contribution in [1.82, 2.24) is 9.47 Å². The zero-order chi connectivity index (χ0) is 16.8. The van der Waals surface area contributed by atoms with E-state index in [0.29, 0.717) is 0 Å². The van der Waals surface area contributed by atoms with Crippen molar-refractivity contribution in [1.29, 1.82) is 0 Å². The second-order valence-electron chi connectivity index (χ2n) is 7.03. The normalized spacial score (nSPS) is 15.9. The van der Waals surface area contributed by atoms with Gasteiger partial charge in [-0.25, -0.2) is 0 Å². The smallest absolute Gasteiger partial charge is 0.303 e. The Labute approximate surface area is 161 Å². The van der Waals surface area contributed by atoms with E-state index in [0.717, 1.165) is 36.0 Å². The van der Waals surface area contributed by atoms with Gasteiger partial charge >= 0.3 is 4.87 Å². The number of rotatable bonds is 7. The highest BCUT2D eigenvalue weighted by molar-refractivity contribution is 7.16. The summed E-state index contributed by atoms with van der Waals surface area (Å²) in [6, 6.07) is 6.54. The Hall–Kier alpha value is -0.840. The highest BCUT2D eigenvalue weighted by Gasteiger charge is 2.10. The molecule has 1 saturated heterocycles. The zero-order valence-corrected chi connectivity index (χ0v) is 17.0. The van der Waals surface area contributed by atoms with Gasteiger partial charge in [-0.15, -0.1) is 12.4 Å². The molecule has 0 unspecified atom stereocenters. The second kappa shape index (κ2) is 10.3. The molecule has 1 aliphatic rings. The zero-order valence-electron chi connectivity index (χ0n) is 15.3. The summed E-state index contributed by atoms with van der Waals surface area (Å²) in [5, 5.41) is 0. The number of nitrogens with zero attached hydrogens (tertiary/aromatic N) is 2. The summed E-state index contributed by atoms with van der Waals surface area (Å²) in [5.41, 5.74) is 2.47. The van der Waals surface area contributed by atoms with Crippen LogP contribution in [0.1, 0.15) is 57.4 Å². The van der Waals surface area contributed by atoms with E-state index < -0.39 is 0 Å². The van der Waals surface area contributed by atoms with Gasteiger partial charge < -0.3 is 4.90 Å². The van der Waals surface area contributed by atoms with Gasteiger partial charge in [0.15, 0.2) is 0 Å². The number of halogens is 1. The molecule has 140 valence electrons. The van der Waals surface area contributed by atoms with E-state index in [2.05, 4.69) is 30.0 Å². The molecule has 0 aliphatic carbocycles. The van der Waals surface area contributed by atoms with Crippen LogP contribution in [0.2, 0.25) is 0 Å². The molecule has 3 rings (SSSR count). The fourth-order valence-electron chi connectivity index (χ4n) is 3.73. The number of aromatic nitrogens is 1. The predicted octanol–water partition coefficient (Wildman–Crippen LogP) is 5.09. The molecule has 1 aliphatic heterocycles. The Kier molecular flexibility index (Phi) is 8.47. The van der Waals surface area contributed by atoms with Crippen LogP contribution in [-0.4, -0.2) is 29.1 Å². The number of thiazole rings is 1. The van der Waals surface area contributed by atoms with E-state index in [-0.39, 0.29) is 17.3 Å². The molecule has 5 heteroatoms. The average molecular weight is 383 g/mol. The lowest BCUT2D eigenvalue weighted by Gasteiger charge is -2.19. The molecule has 2 aromatic rings. The third kappa shape index (κ3) is 5.57. The highest BCUT2D eigenvalue weighted by Crippen LogP contribution is 2.20. The summed E-state index contributed by atoms with van der Waals surface area (Å²) < 4.78 is 3.14. The van der Waals surface area contributed by atoms with Crippen molar-refractivity contribution in [2.45, 2.75) is 64.8 Å². The summed E-state index contributed by atoms with van der Waals surface area (Å²) >= 11 is 1.40. The number of benzene rings is 1. The molecule has 1 fully saturated rings. The van der Waals surface area contributed by atoms with E-state index in [9.17, 15) is 4.79 Å². The van der Waals surface area contributed by atoms with Crippen LogP contribution in [0.5, 0.6) is 0 Å². The highest BCUT2D eigenvalue weighted by atomic mass is 35.5. The van der Waals surface area contributed by atoms with Crippen molar-refractivity contribution in [3.63, 3.8) is 0 Å². The van der Waals surface area contributed by atoms with Gasteiger partial charge in [0.2, 0.25) is 0 Å². The van der Waals surface area contributed by atoms with Crippen LogP contribution >= 0.6 is 23.7 Å². The maximum Gasteiger partial charge on any atom is 0.308 e. The number of unbranched alkanes of at least 4 members (excludes halogenated alkanes) is 1. The summed E-state index contributed by atoms with van der Waals surface area (Å²) in [5.74, 6) is 0. The number of fused-ring (bicyclic) bond motifs is 1. The molecule has 0 N–H and O–H groups in total. The number of hydrogen-bond acceptors (Lipinski definition) is 3. The molecular formula is C20H31ClN2OS. The first-order valence-corrected chi connectivity index (χ1v) is 10.4. The van der Waals surface area contributed by atoms with Gasteiger partial charge in [0.25, 0.3) is 0 Å². The Bertz CT molecular complexity index is 701. The number of hydrogen-bond donors (Lipinski definition) is 0. The van der Waals surface area contributed by atoms with Crippen LogP contribution in [0.3, 0.4) is 0 Å². The Morgan fingerprint density at radius 3 is 2.48 bits per heavy atom. The fourth-order valence-corrected chi connectivity index (χ4v) is 4.71. The van der Waals surface area contributed by atoms with Crippen LogP contribution in [0.15, 0.2) is 23.0 Å². The maximum atomic E-state index is 12.3. The van der Waals surface area contributed by atoms with Gasteiger partial charge in [0.05, 0.1) is 10.2 Å². The maximum absolute atomic E-state index is 12.3. The topological polar surface area (TPSA) is 25.2 Å². The van der Waals surface area contributed by atoms with Gasteiger partial charge in [-0.2, -0.15) is 0 Å². The molecule has 0 radical (unpaired) electrons. The van der Waals surface area contributed by atoms with Gasteiger partial charge in [-0.1, -0.05) is 43.6 Å².